The summed E-state index contributed by atoms with van der Waals surface area (Å²) in [5.74, 6) is 3.15. The molecule has 6 aromatic heterocycles. The van der Waals surface area contributed by atoms with E-state index in [-0.39, 0.29) is 67.9 Å². The number of aliphatic hydroxyl groups is 4. The number of anilines is 4. The van der Waals surface area contributed by atoms with E-state index < -0.39 is 39.9 Å². The summed E-state index contributed by atoms with van der Waals surface area (Å²) in [5.41, 5.74) is 13.1. The topological polar surface area (TPSA) is 481 Å². The number of carboxylic acids is 1. The molecule has 2 fully saturated rings. The van der Waals surface area contributed by atoms with Gasteiger partial charge in [-0.3, -0.25) is 29.2 Å². The monoisotopic (exact) mass is 1930 g/mol. The number of aromatic nitrogens is 11. The van der Waals surface area contributed by atoms with E-state index in [2.05, 4.69) is 144 Å². The largest absolute Gasteiger partial charge is 0.748 e. The standard InChI is InChI=1S/C22H25N7OS.C21H25N7OS.C19H25N5O4S.C16H20N2O5S.C14H20N2O5/c1-15(2)29-21(24-25-26-29)20(16-7-9-17(30)10-8-16)27-11-13-28(14-12-27)22-23-18-5-3-4-6-19(18)31-22;1-2-29-12-6-10-22-19-18-16-9-11-27(13-15-7-4-3-5-8-15)14-17(16)30-20(18)28-21(23-19)24-25-26-28;1-27-14-4-3-13(11-15(14)28-2)16(23-7-5-22(6-8-23)9-10-25)17-18(26)24-19(29-17)20-12-21-24;17-14-1-3-16(4-2-14)23-12-15(19)11-18-8-5-13(6-9-18)7-10-24(20,21)22;1-21-12-6-3-2-5-10(12)16-13(18)9-11(14(19)20)15-7-4-8-17/h3-10,15,20,30H,11-14H2,1-2H3;3-5,7-8H,2,6,9-14H2,1H3,(H,22,23,24,26);3-4,11-12,16,19,25H,5-10H2,1-2H3;1-6,8-9,15,19H,7,10-12,17H2;2-3,5-6,11,15,17H,4,7-9H2,1H3,(H,16,18)(H,19,20)/p+1/t;;;;11-/m....0/s1. The Morgan fingerprint density at radius 1 is 0.726 bits per heavy atom. The number of aryl methyl sites for hydroxylation is 1. The summed E-state index contributed by atoms with van der Waals surface area (Å²) in [6.07, 6.45) is 6.55. The SMILES string of the molecule is CC(C)n1nnnc1C(c1ccc(O)cc1)N1CCN(c2nc3ccccc3s2)CC1.CCOCCCNc1nc2nnnn2c2sc3c(c12)CCN(Cc1ccccc1)C3.COc1ccc(C(C2=C(O)[N+]3=NC=NC3S2)N2CCN(CCO)CC2)cc1OC.COc1ccccc1NC(=O)C[C@H](NCCCO)C(=O)O.Nc1ccc(OCC(O)C[n+]2ccc(CCS(=O)(=O)[O-])cc2)cc1. The lowest BCUT2D eigenvalue weighted by atomic mass is 10.0. The van der Waals surface area contributed by atoms with E-state index in [0.717, 1.165) is 153 Å². The number of nitrogens with zero attached hydrogens (tertiary/aromatic N) is 19. The number of aliphatic hydroxyl groups excluding tert-OH is 4. The van der Waals surface area contributed by atoms with Crippen molar-refractivity contribution in [2.45, 2.75) is 108 Å². The first kappa shape index (κ1) is 100. The highest BCUT2D eigenvalue weighted by molar-refractivity contribution is 8.03. The third-order valence-electron chi connectivity index (χ3n) is 22.7. The summed E-state index contributed by atoms with van der Waals surface area (Å²) in [6.45, 7) is 19.9. The maximum Gasteiger partial charge on any atom is 0.405 e. The number of benzene rings is 6. The van der Waals surface area contributed by atoms with Gasteiger partial charge in [0, 0.05) is 138 Å². The van der Waals surface area contributed by atoms with Crippen LogP contribution in [0.2, 0.25) is 0 Å². The van der Waals surface area contributed by atoms with Gasteiger partial charge in [0.25, 0.3) is 5.78 Å². The van der Waals surface area contributed by atoms with E-state index in [1.165, 1.54) is 51.3 Å². The van der Waals surface area contributed by atoms with Crippen LogP contribution in [0.1, 0.15) is 96.7 Å². The molecule has 5 aliphatic rings. The van der Waals surface area contributed by atoms with Crippen LogP contribution in [-0.4, -0.2) is 293 Å². The predicted molar refractivity (Wildman–Crippen MR) is 514 cm³/mol. The van der Waals surface area contributed by atoms with E-state index in [0.29, 0.717) is 66.2 Å². The number of nitrogens with one attached hydrogen (secondary N) is 3. The average Bonchev–Trinajstić information content (AvgIpc) is 1.58. The van der Waals surface area contributed by atoms with Gasteiger partial charge in [-0.2, -0.15) is 14.5 Å². The maximum atomic E-state index is 11.9. The molecule has 4 unspecified atom stereocenters. The van der Waals surface area contributed by atoms with Crippen LogP contribution in [-0.2, 0) is 56.9 Å². The Hall–Kier alpha value is -12.1. The highest BCUT2D eigenvalue weighted by Crippen LogP contribution is 2.48. The van der Waals surface area contributed by atoms with Crippen molar-refractivity contribution in [2.75, 3.05) is 160 Å². The van der Waals surface area contributed by atoms with E-state index in [1.807, 2.05) is 48.0 Å². The third kappa shape index (κ3) is 27.6. The Bertz CT molecular complexity index is 6010. The molecule has 11 N–H and O–H groups in total. The number of nitrogens with two attached hydrogens (primary N) is 1. The number of ether oxygens (including phenoxy) is 5. The number of thioether (sulfide) groups is 1. The number of nitrogen functional groups attached to an aromatic ring is 1. The highest BCUT2D eigenvalue weighted by Gasteiger charge is 2.48. The van der Waals surface area contributed by atoms with Gasteiger partial charge in [0.1, 0.15) is 51.6 Å². The number of hydrogen-bond donors (Lipinski definition) is 10. The van der Waals surface area contributed by atoms with Crippen molar-refractivity contribution in [1.29, 1.82) is 0 Å². The summed E-state index contributed by atoms with van der Waals surface area (Å²) in [6, 6.07) is 48.4. The van der Waals surface area contributed by atoms with Crippen molar-refractivity contribution in [3.05, 3.63) is 219 Å². The number of tetrazole rings is 2. The Morgan fingerprint density at radius 3 is 2.13 bits per heavy atom. The van der Waals surface area contributed by atoms with Crippen molar-refractivity contribution in [3.8, 4) is 28.7 Å². The number of hydrogen-bond acceptors (Lipinski definition) is 36. The van der Waals surface area contributed by atoms with Crippen LogP contribution in [0, 0.1) is 0 Å². The van der Waals surface area contributed by atoms with Crippen LogP contribution in [0.4, 0.5) is 22.3 Å². The van der Waals surface area contributed by atoms with Crippen molar-refractivity contribution in [2.24, 2.45) is 10.1 Å². The number of pyridine rings is 1. The number of fused-ring (bicyclic) bond motifs is 7. The van der Waals surface area contributed by atoms with Crippen molar-refractivity contribution in [1.82, 2.24) is 75.1 Å². The molecule has 135 heavy (non-hydrogen) atoms. The Labute approximate surface area is 794 Å². The van der Waals surface area contributed by atoms with Crippen molar-refractivity contribution in [3.63, 3.8) is 0 Å². The average molecular weight is 1930 g/mol. The van der Waals surface area contributed by atoms with Gasteiger partial charge in [-0.05, 0) is 191 Å². The van der Waals surface area contributed by atoms with Gasteiger partial charge < -0.3 is 85.5 Å². The zero-order valence-electron chi connectivity index (χ0n) is 76.1. The summed E-state index contributed by atoms with van der Waals surface area (Å²) >= 11 is 5.05. The molecule has 39 nitrogen and oxygen atoms in total. The Morgan fingerprint density at radius 2 is 1.43 bits per heavy atom. The second-order valence-corrected chi connectivity index (χ2v) is 37.0. The van der Waals surface area contributed by atoms with Crippen LogP contribution < -0.4 is 50.1 Å². The van der Waals surface area contributed by atoms with E-state index >= 15 is 0 Å². The summed E-state index contributed by atoms with van der Waals surface area (Å²) < 4.78 is 66.9. The van der Waals surface area contributed by atoms with Crippen LogP contribution in [0.3, 0.4) is 0 Å². The number of phenolic OH excluding ortho intramolecular Hbond substituents is 1. The van der Waals surface area contributed by atoms with E-state index in [1.54, 1.807) is 136 Å². The quantitative estimate of drug-likeness (QED) is 0.00752. The van der Waals surface area contributed by atoms with Gasteiger partial charge in [-0.1, -0.05) is 89.2 Å². The predicted octanol–water partition coefficient (Wildman–Crippen LogP) is 8.76. The number of rotatable bonds is 37. The second kappa shape index (κ2) is 49.4. The van der Waals surface area contributed by atoms with Gasteiger partial charge in [0.2, 0.25) is 5.91 Å². The smallest absolute Gasteiger partial charge is 0.405 e. The molecule has 43 heteroatoms. The summed E-state index contributed by atoms with van der Waals surface area (Å²) in [5, 5.41) is 97.5. The van der Waals surface area contributed by atoms with Crippen LogP contribution in [0.15, 0.2) is 191 Å². The molecular formula is C92H116N23O16S4+. The highest BCUT2D eigenvalue weighted by atomic mass is 32.2. The molecule has 0 bridgehead atoms. The molecule has 6 aromatic carbocycles. The first-order valence-corrected chi connectivity index (χ1v) is 48.6. The minimum absolute atomic E-state index is 0.0350. The van der Waals surface area contributed by atoms with E-state index in [9.17, 15) is 43.0 Å². The molecule has 17 rings (SSSR count). The lowest BCUT2D eigenvalue weighted by Crippen LogP contribution is -2.48. The summed E-state index contributed by atoms with van der Waals surface area (Å²) in [7, 11) is 0.514. The zero-order chi connectivity index (χ0) is 95.3. The number of aliphatic carboxylic acids is 1. The number of carbonyl (C=O) groups excluding carboxylic acids is 1. The molecule has 0 aliphatic carbocycles. The maximum absolute atomic E-state index is 11.9. The number of aliphatic imine (C=N–C) groups is 1. The molecule has 5 atom stereocenters. The number of amides is 1. The molecule has 0 radical (unpaired) electrons. The molecule has 0 spiro atoms. The number of thiophene rings is 1. The minimum atomic E-state index is -4.21. The van der Waals surface area contributed by atoms with Crippen LogP contribution in [0.25, 0.3) is 26.2 Å². The fourth-order valence-electron chi connectivity index (χ4n) is 15.8. The van der Waals surface area contributed by atoms with Gasteiger partial charge in [-0.25, -0.2) is 22.7 Å². The number of carboxylic acid groups (broad SMARTS) is 1. The van der Waals surface area contributed by atoms with Crippen LogP contribution in [0.5, 0.6) is 28.7 Å². The van der Waals surface area contributed by atoms with Gasteiger partial charge in [0.15, 0.2) is 47.7 Å². The number of methoxy groups -OCH3 is 3. The number of carbonyl (C=O) groups is 2. The number of piperazine rings is 2. The number of aromatic hydroxyl groups is 1. The normalized spacial score (nSPS) is 16.0. The van der Waals surface area contributed by atoms with Crippen molar-refractivity contribution < 1.29 is 86.1 Å². The molecular weight excluding hydrogens is 1810 g/mol. The van der Waals surface area contributed by atoms with Crippen LogP contribution >= 0.6 is 34.4 Å². The lowest BCUT2D eigenvalue weighted by molar-refractivity contribution is -0.703. The minimum Gasteiger partial charge on any atom is -0.748 e. The molecule has 718 valence electrons. The number of β-amino-alcohol motifs (C(OH)–C–C–N with tert-alkyl or cyclic N) is 1. The molecule has 0 saturated carbocycles. The third-order valence-corrected chi connectivity index (χ3v) is 26.8. The second-order valence-electron chi connectivity index (χ2n) is 32.3. The molecule has 12 aromatic rings. The van der Waals surface area contributed by atoms with Gasteiger partial charge >= 0.3 is 17.4 Å². The van der Waals surface area contributed by atoms with Gasteiger partial charge in [0.05, 0.1) is 83.9 Å². The van der Waals surface area contributed by atoms with Crippen molar-refractivity contribution >= 4 is 111 Å². The Balaban J connectivity index is 0.000000144. The zero-order valence-corrected chi connectivity index (χ0v) is 79.3. The van der Waals surface area contributed by atoms with Gasteiger partial charge in [-0.15, -0.1) is 16.4 Å². The fourth-order valence-corrected chi connectivity index (χ4v) is 19.9. The number of para-hydroxylation sites is 3. The molecule has 11 heterocycles. The molecule has 5 aliphatic heterocycles. The lowest BCUT2D eigenvalue weighted by Gasteiger charge is -2.39. The fraction of sp³-hybridized carbons (Fsp3) is 0.413. The number of azo groups is 2. The molecule has 2 saturated heterocycles. The summed E-state index contributed by atoms with van der Waals surface area (Å²) in [4.78, 5) is 52.0. The van der Waals surface area contributed by atoms with E-state index in [4.69, 9.17) is 49.6 Å². The number of phenols is 1. The number of thiazole rings is 1. The first-order chi connectivity index (χ1) is 65.5. The molecule has 1 amide bonds. The first-order valence-electron chi connectivity index (χ1n) is 44.5. The Kier molecular flexibility index (Phi) is 36.7.